The second kappa shape index (κ2) is 10.3. The largest absolute Gasteiger partial charge is 0.466 e. The van der Waals surface area contributed by atoms with Gasteiger partial charge in [-0.05, 0) is 79.5 Å². The molecule has 1 unspecified atom stereocenters. The minimum absolute atomic E-state index is 0.0319. The van der Waals surface area contributed by atoms with E-state index in [1.165, 1.54) is 0 Å². The van der Waals surface area contributed by atoms with Crippen molar-refractivity contribution >= 4 is 23.6 Å². The van der Waals surface area contributed by atoms with Crippen LogP contribution in [-0.2, 0) is 21.5 Å². The monoisotopic (exact) mass is 488 g/mol. The number of urea groups is 1. The van der Waals surface area contributed by atoms with E-state index in [-0.39, 0.29) is 29.3 Å². The third-order valence-corrected chi connectivity index (χ3v) is 7.55. The fourth-order valence-corrected chi connectivity index (χ4v) is 5.28. The Bertz CT molecular complexity index is 943. The Balaban J connectivity index is 1.77. The summed E-state index contributed by atoms with van der Waals surface area (Å²) in [7, 11) is 0. The number of aryl methyl sites for hydroxylation is 1. The molecule has 6 heteroatoms. The maximum absolute atomic E-state index is 13.2. The van der Waals surface area contributed by atoms with Crippen molar-refractivity contribution in [2.45, 2.75) is 79.7 Å². The molecule has 5 nitrogen and oxygen atoms in total. The first-order valence-corrected chi connectivity index (χ1v) is 13.0. The normalized spacial score (nSPS) is 25.0. The predicted octanol–water partition coefficient (Wildman–Crippen LogP) is 6.69. The average Bonchev–Trinajstić information content (AvgIpc) is 2.69. The summed E-state index contributed by atoms with van der Waals surface area (Å²) in [6, 6.07) is 6.11. The summed E-state index contributed by atoms with van der Waals surface area (Å²) in [4.78, 5) is 26.8. The van der Waals surface area contributed by atoms with Gasteiger partial charge in [-0.1, -0.05) is 58.4 Å². The molecule has 1 saturated carbocycles. The van der Waals surface area contributed by atoms with Gasteiger partial charge in [0.15, 0.2) is 0 Å². The van der Waals surface area contributed by atoms with Crippen LogP contribution in [0.2, 0.25) is 5.02 Å². The SMILES string of the molecule is CCOC(=O)C1CC(CN2C=C(C(C)C)C(C)(c3ccc(CCC(C)(C)C)c(Cl)c3)NC2=O)C1. The van der Waals surface area contributed by atoms with Crippen LogP contribution in [0.5, 0.6) is 0 Å². The predicted molar refractivity (Wildman–Crippen MR) is 138 cm³/mol. The number of hydrogen-bond donors (Lipinski definition) is 1. The van der Waals surface area contributed by atoms with Crippen LogP contribution in [0.15, 0.2) is 30.0 Å². The fourth-order valence-electron chi connectivity index (χ4n) is 5.00. The van der Waals surface area contributed by atoms with E-state index in [4.69, 9.17) is 16.3 Å². The fraction of sp³-hybridized carbons (Fsp3) is 0.643. The van der Waals surface area contributed by atoms with Gasteiger partial charge in [0.1, 0.15) is 0 Å². The molecule has 1 atom stereocenters. The molecule has 1 aromatic carbocycles. The number of amides is 2. The van der Waals surface area contributed by atoms with Gasteiger partial charge >= 0.3 is 12.0 Å². The summed E-state index contributed by atoms with van der Waals surface area (Å²) in [6.45, 7) is 15.9. The van der Waals surface area contributed by atoms with Crippen molar-refractivity contribution in [2.24, 2.45) is 23.2 Å². The second-order valence-electron chi connectivity index (χ2n) is 11.6. The summed E-state index contributed by atoms with van der Waals surface area (Å²) in [5.74, 6) is 0.401. The molecule has 2 aliphatic rings. The van der Waals surface area contributed by atoms with Gasteiger partial charge in [0.25, 0.3) is 0 Å². The number of nitrogens with one attached hydrogen (secondary N) is 1. The zero-order chi connectivity index (χ0) is 25.3. The lowest BCUT2D eigenvalue weighted by Gasteiger charge is -2.44. The lowest BCUT2D eigenvalue weighted by atomic mass is 9.74. The van der Waals surface area contributed by atoms with Gasteiger partial charge in [0, 0.05) is 17.8 Å². The zero-order valence-electron chi connectivity index (χ0n) is 21.8. The van der Waals surface area contributed by atoms with Crippen molar-refractivity contribution in [2.75, 3.05) is 13.2 Å². The maximum atomic E-state index is 13.2. The molecule has 1 fully saturated rings. The Labute approximate surface area is 210 Å². The molecule has 1 heterocycles. The van der Waals surface area contributed by atoms with Gasteiger partial charge in [-0.25, -0.2) is 4.79 Å². The van der Waals surface area contributed by atoms with Crippen molar-refractivity contribution in [3.8, 4) is 0 Å². The summed E-state index contributed by atoms with van der Waals surface area (Å²) < 4.78 is 5.13. The molecule has 188 valence electrons. The number of nitrogens with zero attached hydrogens (tertiary/aromatic N) is 1. The molecule has 3 rings (SSSR count). The van der Waals surface area contributed by atoms with E-state index >= 15 is 0 Å². The molecule has 1 aromatic rings. The van der Waals surface area contributed by atoms with Crippen LogP contribution >= 0.6 is 11.6 Å². The van der Waals surface area contributed by atoms with E-state index in [1.54, 1.807) is 4.90 Å². The topological polar surface area (TPSA) is 58.6 Å². The molecule has 2 amide bonds. The van der Waals surface area contributed by atoms with Crippen LogP contribution < -0.4 is 5.32 Å². The van der Waals surface area contributed by atoms with Crippen LogP contribution in [0.4, 0.5) is 4.79 Å². The standard InChI is InChI=1S/C28H41ClN2O3/c1-8-34-25(32)21-13-19(14-21)16-31-17-23(18(2)3)28(7,30-26(31)33)22-10-9-20(24(29)15-22)11-12-27(4,5)6/h9-10,15,17-19,21H,8,11-14,16H2,1-7H3,(H,30,33). The number of carbonyl (C=O) groups is 2. The van der Waals surface area contributed by atoms with E-state index in [2.05, 4.69) is 59.0 Å². The van der Waals surface area contributed by atoms with Gasteiger partial charge in [-0.3, -0.25) is 4.79 Å². The highest BCUT2D eigenvalue weighted by molar-refractivity contribution is 6.31. The van der Waals surface area contributed by atoms with E-state index in [0.29, 0.717) is 19.1 Å². The number of halogens is 1. The van der Waals surface area contributed by atoms with Crippen LogP contribution in [0.1, 0.15) is 78.9 Å². The summed E-state index contributed by atoms with van der Waals surface area (Å²) >= 11 is 6.71. The molecular weight excluding hydrogens is 448 g/mol. The number of esters is 1. The number of carbonyl (C=O) groups excluding carboxylic acids is 2. The van der Waals surface area contributed by atoms with Crippen LogP contribution in [-0.4, -0.2) is 30.1 Å². The lowest BCUT2D eigenvalue weighted by Crippen LogP contribution is -2.56. The highest BCUT2D eigenvalue weighted by atomic mass is 35.5. The van der Waals surface area contributed by atoms with Gasteiger partial charge in [-0.2, -0.15) is 0 Å². The molecule has 0 saturated heterocycles. The molecule has 1 aliphatic heterocycles. The van der Waals surface area contributed by atoms with Gasteiger partial charge < -0.3 is 15.0 Å². The first kappa shape index (κ1) is 26.6. The highest BCUT2D eigenvalue weighted by Gasteiger charge is 2.42. The first-order chi connectivity index (χ1) is 15.8. The van der Waals surface area contributed by atoms with Crippen LogP contribution in [0, 0.1) is 23.2 Å². The first-order valence-electron chi connectivity index (χ1n) is 12.6. The molecule has 34 heavy (non-hydrogen) atoms. The number of benzene rings is 1. The Morgan fingerprint density at radius 2 is 1.97 bits per heavy atom. The molecule has 0 radical (unpaired) electrons. The Morgan fingerprint density at radius 1 is 1.29 bits per heavy atom. The van der Waals surface area contributed by atoms with Gasteiger partial charge in [0.2, 0.25) is 0 Å². The maximum Gasteiger partial charge on any atom is 0.322 e. The Kier molecular flexibility index (Phi) is 8.07. The minimum atomic E-state index is -0.624. The zero-order valence-corrected chi connectivity index (χ0v) is 22.6. The van der Waals surface area contributed by atoms with Crippen molar-refractivity contribution < 1.29 is 14.3 Å². The second-order valence-corrected chi connectivity index (χ2v) is 12.0. The number of ether oxygens (including phenoxy) is 1. The van der Waals surface area contributed by atoms with Gasteiger partial charge in [0.05, 0.1) is 18.1 Å². The lowest BCUT2D eigenvalue weighted by molar-refractivity contribution is -0.152. The van der Waals surface area contributed by atoms with E-state index in [0.717, 1.165) is 47.4 Å². The van der Waals surface area contributed by atoms with E-state index in [9.17, 15) is 9.59 Å². The number of hydrogen-bond acceptors (Lipinski definition) is 3. The number of rotatable bonds is 8. The van der Waals surface area contributed by atoms with Crippen LogP contribution in [0.25, 0.3) is 0 Å². The third kappa shape index (κ3) is 5.97. The van der Waals surface area contributed by atoms with Crippen molar-refractivity contribution in [1.82, 2.24) is 10.2 Å². The highest BCUT2D eigenvalue weighted by Crippen LogP contribution is 2.40. The Morgan fingerprint density at radius 3 is 2.53 bits per heavy atom. The molecule has 0 aromatic heterocycles. The molecule has 0 bridgehead atoms. The third-order valence-electron chi connectivity index (χ3n) is 7.20. The smallest absolute Gasteiger partial charge is 0.322 e. The Hall–Kier alpha value is -2.01. The summed E-state index contributed by atoms with van der Waals surface area (Å²) in [5, 5.41) is 4.02. The summed E-state index contributed by atoms with van der Waals surface area (Å²) in [6.07, 6.45) is 5.56. The van der Waals surface area contributed by atoms with E-state index < -0.39 is 5.54 Å². The van der Waals surface area contributed by atoms with Crippen molar-refractivity contribution in [3.05, 3.63) is 46.1 Å². The molecule has 1 N–H and O–H groups in total. The van der Waals surface area contributed by atoms with Crippen LogP contribution in [0.3, 0.4) is 0 Å². The molecular formula is C28H41ClN2O3. The molecule has 1 aliphatic carbocycles. The average molecular weight is 489 g/mol. The van der Waals surface area contributed by atoms with Gasteiger partial charge in [-0.15, -0.1) is 0 Å². The minimum Gasteiger partial charge on any atom is -0.466 e. The van der Waals surface area contributed by atoms with E-state index in [1.807, 2.05) is 19.2 Å². The quantitative estimate of drug-likeness (QED) is 0.415. The molecule has 0 spiro atoms. The van der Waals surface area contributed by atoms with Crippen molar-refractivity contribution in [1.29, 1.82) is 0 Å². The summed E-state index contributed by atoms with van der Waals surface area (Å²) in [5.41, 5.74) is 2.91. The van der Waals surface area contributed by atoms with Crippen molar-refractivity contribution in [3.63, 3.8) is 0 Å².